The monoisotopic (exact) mass is 592 g/mol. The number of anilines is 3. The van der Waals surface area contributed by atoms with Gasteiger partial charge >= 0.3 is 12.2 Å². The maximum absolute atomic E-state index is 14.0. The molecule has 2 atom stereocenters. The predicted molar refractivity (Wildman–Crippen MR) is 154 cm³/mol. The summed E-state index contributed by atoms with van der Waals surface area (Å²) in [5, 5.41) is 8.75. The lowest BCUT2D eigenvalue weighted by atomic mass is 9.90. The summed E-state index contributed by atoms with van der Waals surface area (Å²) in [5.41, 5.74) is 2.45. The van der Waals surface area contributed by atoms with Gasteiger partial charge in [-0.2, -0.15) is 0 Å². The summed E-state index contributed by atoms with van der Waals surface area (Å²) >= 11 is 6.28. The number of carbonyl (C=O) groups is 4. The summed E-state index contributed by atoms with van der Waals surface area (Å²) in [6.45, 7) is 0.585. The molecule has 0 aliphatic carbocycles. The second-order valence-corrected chi connectivity index (χ2v) is 11.0. The Morgan fingerprint density at radius 2 is 2.00 bits per heavy atom. The summed E-state index contributed by atoms with van der Waals surface area (Å²) in [4.78, 5) is 60.6. The molecule has 13 heteroatoms. The van der Waals surface area contributed by atoms with E-state index in [-0.39, 0.29) is 24.8 Å². The number of H-pyrrole nitrogens is 1. The van der Waals surface area contributed by atoms with Crippen LogP contribution < -0.4 is 16.0 Å². The molecule has 218 valence electrons. The molecule has 1 fully saturated rings. The van der Waals surface area contributed by atoms with E-state index in [4.69, 9.17) is 21.3 Å². The van der Waals surface area contributed by atoms with Crippen molar-refractivity contribution in [2.24, 2.45) is 0 Å². The third-order valence-corrected chi connectivity index (χ3v) is 8.15. The van der Waals surface area contributed by atoms with Crippen LogP contribution in [0, 0.1) is 0 Å². The number of methoxy groups -OCH3 is 1. The molecule has 0 unspecified atom stereocenters. The molecule has 0 saturated carbocycles. The summed E-state index contributed by atoms with van der Waals surface area (Å²) in [7, 11) is 1.27. The van der Waals surface area contributed by atoms with Crippen molar-refractivity contribution in [3.63, 3.8) is 0 Å². The Kier molecular flexibility index (Phi) is 7.23. The van der Waals surface area contributed by atoms with E-state index in [1.807, 2.05) is 0 Å². The van der Waals surface area contributed by atoms with Crippen molar-refractivity contribution < 1.29 is 28.7 Å². The van der Waals surface area contributed by atoms with Crippen LogP contribution in [0.25, 0.3) is 11.3 Å². The number of amides is 4. The zero-order chi connectivity index (χ0) is 29.4. The van der Waals surface area contributed by atoms with Crippen LogP contribution in [0.3, 0.4) is 0 Å². The zero-order valence-electron chi connectivity index (χ0n) is 22.8. The lowest BCUT2D eigenvalue weighted by Crippen LogP contribution is -2.43. The molecule has 0 radical (unpaired) electrons. The fraction of sp³-hybridized carbons (Fsp3) is 0.345. The van der Waals surface area contributed by atoms with Gasteiger partial charge in [-0.3, -0.25) is 20.2 Å². The number of imidazole rings is 1. The molecule has 42 heavy (non-hydrogen) atoms. The number of nitrogens with zero attached hydrogens (tertiary/aromatic N) is 2. The van der Waals surface area contributed by atoms with Gasteiger partial charge in [-0.05, 0) is 49.2 Å². The number of benzene rings is 2. The van der Waals surface area contributed by atoms with E-state index in [0.717, 1.165) is 5.56 Å². The van der Waals surface area contributed by atoms with Crippen LogP contribution in [-0.4, -0.2) is 59.1 Å². The highest BCUT2D eigenvalue weighted by atomic mass is 35.5. The number of likely N-dealkylation sites (tertiary alicyclic amines) is 1. The Bertz CT molecular complexity index is 1590. The first kappa shape index (κ1) is 27.6. The van der Waals surface area contributed by atoms with Gasteiger partial charge in [-0.25, -0.2) is 14.6 Å². The first-order chi connectivity index (χ1) is 20.2. The number of nitrogens with one attached hydrogen (secondary N) is 4. The number of carbonyl (C=O) groups excluding carboxylic acids is 4. The van der Waals surface area contributed by atoms with E-state index in [2.05, 4.69) is 25.7 Å². The summed E-state index contributed by atoms with van der Waals surface area (Å²) in [6, 6.07) is 10.3. The fourth-order valence-corrected chi connectivity index (χ4v) is 6.03. The summed E-state index contributed by atoms with van der Waals surface area (Å²) < 4.78 is 10.5. The number of hydrogen-bond donors (Lipinski definition) is 4. The molecule has 2 bridgehead atoms. The SMILES string of the molecule is COC(=O)Nc1ccc2c(c1)NC(=O)CCCC[C@@H](C(=O)N1CC[C@@]3(C1)OC(=O)Nc1ccc(Cl)cc13)c1nc-2c[nH]1. The van der Waals surface area contributed by atoms with Crippen LogP contribution in [0.5, 0.6) is 0 Å². The Balaban J connectivity index is 1.29. The van der Waals surface area contributed by atoms with E-state index < -0.39 is 23.7 Å². The van der Waals surface area contributed by atoms with Gasteiger partial charge in [0.15, 0.2) is 5.60 Å². The minimum absolute atomic E-state index is 0.134. The number of fused-ring (bicyclic) bond motifs is 6. The van der Waals surface area contributed by atoms with Crippen LogP contribution in [0.4, 0.5) is 26.7 Å². The molecule has 1 saturated heterocycles. The van der Waals surface area contributed by atoms with Crippen LogP contribution in [0.15, 0.2) is 42.6 Å². The standard InChI is InChI=1S/C29H29ClN6O6/c1-41-27(39)32-17-7-8-18-22(13-17)33-24(37)5-3-2-4-19(25-31-14-23(18)34-25)26(38)36-11-10-29(15-36)20-12-16(30)6-9-21(20)35-28(40)42-29/h6-9,12-14,19H,2-5,10-11,15H2,1H3,(H,31,34)(H,32,39)(H,33,37)(H,35,40)/t19-,29+/m1/s1. The number of aromatic amines is 1. The first-order valence-electron chi connectivity index (χ1n) is 13.7. The molecule has 2 aromatic carbocycles. The molecule has 1 aromatic heterocycles. The van der Waals surface area contributed by atoms with Crippen molar-refractivity contribution in [2.75, 3.05) is 36.1 Å². The second-order valence-electron chi connectivity index (χ2n) is 10.6. The van der Waals surface area contributed by atoms with Crippen LogP contribution in [-0.2, 0) is 24.7 Å². The van der Waals surface area contributed by atoms with Crippen LogP contribution in [0.2, 0.25) is 5.02 Å². The van der Waals surface area contributed by atoms with Gasteiger partial charge in [0.2, 0.25) is 11.8 Å². The molecule has 4 N–H and O–H groups in total. The van der Waals surface area contributed by atoms with E-state index >= 15 is 0 Å². The van der Waals surface area contributed by atoms with E-state index in [9.17, 15) is 19.2 Å². The molecular formula is C29H29ClN6O6. The molecule has 12 nitrogen and oxygen atoms in total. The molecule has 4 heterocycles. The number of hydrogen-bond acceptors (Lipinski definition) is 7. The van der Waals surface area contributed by atoms with Gasteiger partial charge < -0.3 is 24.7 Å². The lowest BCUT2D eigenvalue weighted by molar-refractivity contribution is -0.133. The number of rotatable bonds is 2. The maximum Gasteiger partial charge on any atom is 0.412 e. The van der Waals surface area contributed by atoms with Gasteiger partial charge in [-0.1, -0.05) is 18.0 Å². The number of halogens is 1. The smallest absolute Gasteiger partial charge is 0.412 e. The van der Waals surface area contributed by atoms with Gasteiger partial charge in [0.25, 0.3) is 0 Å². The highest BCUT2D eigenvalue weighted by Crippen LogP contribution is 2.44. The predicted octanol–water partition coefficient (Wildman–Crippen LogP) is 5.19. The zero-order valence-corrected chi connectivity index (χ0v) is 23.5. The molecule has 1 spiro atoms. The highest BCUT2D eigenvalue weighted by molar-refractivity contribution is 6.30. The third kappa shape index (κ3) is 5.25. The second kappa shape index (κ2) is 11.0. The quantitative estimate of drug-likeness (QED) is 0.319. The molecule has 4 amide bonds. The molecule has 3 aliphatic rings. The largest absolute Gasteiger partial charge is 0.453 e. The van der Waals surface area contributed by atoms with Crippen molar-refractivity contribution in [1.82, 2.24) is 14.9 Å². The minimum Gasteiger partial charge on any atom is -0.453 e. The number of ether oxygens (including phenoxy) is 2. The van der Waals surface area contributed by atoms with Crippen molar-refractivity contribution in [3.05, 3.63) is 59.0 Å². The lowest BCUT2D eigenvalue weighted by Gasteiger charge is -2.35. The van der Waals surface area contributed by atoms with Gasteiger partial charge in [0.05, 0.1) is 36.6 Å². The molecular weight excluding hydrogens is 564 g/mol. The summed E-state index contributed by atoms with van der Waals surface area (Å²) in [6.07, 6.45) is 2.87. The number of aromatic nitrogens is 2. The topological polar surface area (TPSA) is 155 Å². The Morgan fingerprint density at radius 1 is 1.14 bits per heavy atom. The van der Waals surface area contributed by atoms with Crippen LogP contribution in [0.1, 0.15) is 49.4 Å². The van der Waals surface area contributed by atoms with Crippen molar-refractivity contribution in [2.45, 2.75) is 43.6 Å². The van der Waals surface area contributed by atoms with Crippen LogP contribution >= 0.6 is 11.6 Å². The van der Waals surface area contributed by atoms with E-state index in [0.29, 0.717) is 71.4 Å². The third-order valence-electron chi connectivity index (χ3n) is 7.91. The first-order valence-corrected chi connectivity index (χ1v) is 14.1. The molecule has 6 rings (SSSR count). The Hall–Kier alpha value is -4.58. The van der Waals surface area contributed by atoms with E-state index in [1.165, 1.54) is 7.11 Å². The average molecular weight is 593 g/mol. The maximum atomic E-state index is 14.0. The average Bonchev–Trinajstić information content (AvgIpc) is 3.61. The Labute approximate surface area is 246 Å². The van der Waals surface area contributed by atoms with Crippen molar-refractivity contribution in [1.29, 1.82) is 0 Å². The summed E-state index contributed by atoms with van der Waals surface area (Å²) in [5.74, 6) is -0.393. The highest BCUT2D eigenvalue weighted by Gasteiger charge is 2.49. The van der Waals surface area contributed by atoms with Crippen molar-refractivity contribution >= 4 is 52.7 Å². The fourth-order valence-electron chi connectivity index (χ4n) is 5.86. The van der Waals surface area contributed by atoms with E-state index in [1.54, 1.807) is 47.5 Å². The molecule has 3 aromatic rings. The van der Waals surface area contributed by atoms with Gasteiger partial charge in [0, 0.05) is 47.4 Å². The van der Waals surface area contributed by atoms with Crippen molar-refractivity contribution in [3.8, 4) is 11.3 Å². The molecule has 3 aliphatic heterocycles. The normalized spacial score (nSPS) is 21.6. The van der Waals surface area contributed by atoms with Gasteiger partial charge in [-0.15, -0.1) is 0 Å². The minimum atomic E-state index is -0.995. The van der Waals surface area contributed by atoms with Gasteiger partial charge in [0.1, 0.15) is 5.82 Å². The Morgan fingerprint density at radius 3 is 2.83 bits per heavy atom.